The number of pyridine rings is 2. The maximum absolute atomic E-state index is 14.2. The number of β-amino-alcohol motifs (C(OH)–C–C–N with tert-alkyl or cyclic N) is 1. The van der Waals surface area contributed by atoms with Crippen LogP contribution >= 0.6 is 0 Å². The summed E-state index contributed by atoms with van der Waals surface area (Å²) in [5.41, 5.74) is -0.0291. The topological polar surface area (TPSA) is 106 Å². The number of ether oxygens (including phenoxy) is 2. The van der Waals surface area contributed by atoms with Gasteiger partial charge in [-0.15, -0.1) is 0 Å². The Morgan fingerprint density at radius 2 is 2.19 bits per heavy atom. The molecule has 2 aromatic rings. The minimum atomic E-state index is -0.787. The number of hydrogen-bond donors (Lipinski definition) is 2. The van der Waals surface area contributed by atoms with Crippen LogP contribution < -0.4 is 15.6 Å². The molecule has 2 aromatic heterocycles. The van der Waals surface area contributed by atoms with Crippen LogP contribution in [0.3, 0.4) is 0 Å². The Kier molecular flexibility index (Phi) is 5.61. The zero-order chi connectivity index (χ0) is 22.3. The van der Waals surface area contributed by atoms with Crippen molar-refractivity contribution in [2.45, 2.75) is 51.0 Å². The molecule has 1 amide bonds. The normalized spacial score (nSPS) is 24.0. The van der Waals surface area contributed by atoms with Crippen molar-refractivity contribution in [3.05, 3.63) is 34.5 Å². The van der Waals surface area contributed by atoms with E-state index in [0.29, 0.717) is 37.1 Å². The largest absolute Gasteiger partial charge is 0.486 e. The first kappa shape index (κ1) is 21.5. The molecule has 168 valence electrons. The molecule has 0 unspecified atom stereocenters. The number of aliphatic hydroxyl groups excluding tert-OH is 1. The Morgan fingerprint density at radius 1 is 1.42 bits per heavy atom. The Morgan fingerprint density at radius 3 is 2.90 bits per heavy atom. The van der Waals surface area contributed by atoms with Gasteiger partial charge in [-0.05, 0) is 33.3 Å². The Bertz CT molecular complexity index is 1050. The smallest absolute Gasteiger partial charge is 0.407 e. The number of carbonyl (C=O) groups is 1. The lowest BCUT2D eigenvalue weighted by Crippen LogP contribution is -2.55. The zero-order valence-corrected chi connectivity index (χ0v) is 17.8. The third kappa shape index (κ3) is 4.49. The van der Waals surface area contributed by atoms with Crippen LogP contribution in [0.2, 0.25) is 0 Å². The van der Waals surface area contributed by atoms with Gasteiger partial charge in [-0.2, -0.15) is 0 Å². The second-order valence-corrected chi connectivity index (χ2v) is 9.04. The highest BCUT2D eigenvalue weighted by Gasteiger charge is 2.33. The third-order valence-electron chi connectivity index (χ3n) is 5.48. The minimum absolute atomic E-state index is 0.0410. The quantitative estimate of drug-likeness (QED) is 0.753. The highest BCUT2D eigenvalue weighted by atomic mass is 19.1. The number of likely N-dealkylation sites (tertiary alicyclic amines) is 1. The monoisotopic (exact) mass is 434 g/mol. The lowest BCUT2D eigenvalue weighted by molar-refractivity contribution is 0.0149. The van der Waals surface area contributed by atoms with Crippen LogP contribution in [0.25, 0.3) is 11.0 Å². The number of halogens is 1. The molecular weight excluding hydrogens is 407 g/mol. The van der Waals surface area contributed by atoms with Crippen molar-refractivity contribution in [2.24, 2.45) is 0 Å². The molecule has 31 heavy (non-hydrogen) atoms. The molecule has 2 aliphatic rings. The van der Waals surface area contributed by atoms with Gasteiger partial charge in [-0.25, -0.2) is 9.18 Å². The van der Waals surface area contributed by atoms with Crippen molar-refractivity contribution >= 4 is 17.1 Å². The highest BCUT2D eigenvalue weighted by molar-refractivity contribution is 5.82. The number of carbonyl (C=O) groups excluding carboxylic acids is 1. The van der Waals surface area contributed by atoms with Crippen LogP contribution in [0.5, 0.6) is 5.75 Å². The van der Waals surface area contributed by atoms with E-state index in [0.717, 1.165) is 6.20 Å². The van der Waals surface area contributed by atoms with E-state index in [1.807, 2.05) is 4.90 Å². The number of alkyl carbamates (subject to hydrolysis) is 1. The van der Waals surface area contributed by atoms with Crippen LogP contribution in [0, 0.1) is 5.82 Å². The molecule has 0 saturated carbocycles. The average molecular weight is 434 g/mol. The molecule has 3 atom stereocenters. The summed E-state index contributed by atoms with van der Waals surface area (Å²) in [5, 5.41) is 13.3. The van der Waals surface area contributed by atoms with Crippen molar-refractivity contribution in [1.29, 1.82) is 0 Å². The summed E-state index contributed by atoms with van der Waals surface area (Å²) in [7, 11) is 0. The molecule has 0 aromatic carbocycles. The van der Waals surface area contributed by atoms with E-state index in [1.54, 1.807) is 26.8 Å². The summed E-state index contributed by atoms with van der Waals surface area (Å²) >= 11 is 0. The van der Waals surface area contributed by atoms with E-state index in [9.17, 15) is 19.1 Å². The lowest BCUT2D eigenvalue weighted by Gasteiger charge is -2.39. The van der Waals surface area contributed by atoms with Crippen molar-refractivity contribution in [1.82, 2.24) is 19.8 Å². The van der Waals surface area contributed by atoms with E-state index in [1.165, 1.54) is 10.6 Å². The van der Waals surface area contributed by atoms with Gasteiger partial charge in [0, 0.05) is 25.7 Å². The first-order chi connectivity index (χ1) is 14.6. The maximum Gasteiger partial charge on any atom is 0.407 e. The Balaban J connectivity index is 1.46. The van der Waals surface area contributed by atoms with Gasteiger partial charge in [0.05, 0.1) is 29.9 Å². The van der Waals surface area contributed by atoms with Crippen LogP contribution in [-0.2, 0) is 4.74 Å². The molecule has 0 radical (unpaired) electrons. The first-order valence-electron chi connectivity index (χ1n) is 10.3. The van der Waals surface area contributed by atoms with Crippen LogP contribution in [0.15, 0.2) is 23.1 Å². The number of nitrogens with zero attached hydrogens (tertiary/aromatic N) is 3. The number of aromatic nitrogens is 2. The molecule has 0 aliphatic carbocycles. The van der Waals surface area contributed by atoms with Gasteiger partial charge in [0.1, 0.15) is 17.7 Å². The standard InChI is InChI=1S/C21H27FN4O5/c1-21(2,3)31-20(29)24-14-6-7-25(10-16(14)27)9-12-11-30-19-13(22)8-23-15-4-5-17(28)26(12)18(15)19/h4-5,8,12,14,16,27H,6-7,9-11H2,1-3H3,(H,24,29)/t12-,14+,16-/m1/s1. The van der Waals surface area contributed by atoms with E-state index in [2.05, 4.69) is 10.3 Å². The fourth-order valence-corrected chi connectivity index (χ4v) is 4.15. The van der Waals surface area contributed by atoms with Crippen LogP contribution in [-0.4, -0.2) is 69.6 Å². The highest BCUT2D eigenvalue weighted by Crippen LogP contribution is 2.32. The molecule has 1 saturated heterocycles. The molecule has 2 aliphatic heterocycles. The van der Waals surface area contributed by atoms with Crippen molar-refractivity contribution in [3.63, 3.8) is 0 Å². The molecule has 4 heterocycles. The van der Waals surface area contributed by atoms with E-state index < -0.39 is 29.7 Å². The Hall–Kier alpha value is -2.72. The fraction of sp³-hybridized carbons (Fsp3) is 0.571. The maximum atomic E-state index is 14.2. The van der Waals surface area contributed by atoms with Crippen LogP contribution in [0.1, 0.15) is 33.2 Å². The second kappa shape index (κ2) is 8.08. The molecule has 4 rings (SSSR count). The molecule has 9 nitrogen and oxygen atoms in total. The summed E-state index contributed by atoms with van der Waals surface area (Å²) in [6.07, 6.45) is 0.269. The predicted octanol–water partition coefficient (Wildman–Crippen LogP) is 1.43. The SMILES string of the molecule is CC(C)(C)OC(=O)N[C@H]1CCN(C[C@@H]2COc3c(F)cnc4ccc(=O)n2c34)C[C@H]1O. The summed E-state index contributed by atoms with van der Waals surface area (Å²) in [6, 6.07) is 2.20. The molecule has 1 fully saturated rings. The number of nitrogens with one attached hydrogen (secondary N) is 1. The number of aliphatic hydroxyl groups is 1. The van der Waals surface area contributed by atoms with E-state index >= 15 is 0 Å². The third-order valence-corrected chi connectivity index (χ3v) is 5.48. The number of amides is 1. The fourth-order valence-electron chi connectivity index (χ4n) is 4.15. The van der Waals surface area contributed by atoms with E-state index in [-0.39, 0.29) is 24.0 Å². The summed E-state index contributed by atoms with van der Waals surface area (Å²) < 4.78 is 26.6. The van der Waals surface area contributed by atoms with Crippen molar-refractivity contribution in [2.75, 3.05) is 26.2 Å². The summed E-state index contributed by atoms with van der Waals surface area (Å²) in [5.74, 6) is -0.561. The van der Waals surface area contributed by atoms with Gasteiger partial charge in [0.2, 0.25) is 0 Å². The lowest BCUT2D eigenvalue weighted by atomic mass is 10.0. The van der Waals surface area contributed by atoms with E-state index in [4.69, 9.17) is 9.47 Å². The molecule has 0 spiro atoms. The number of rotatable bonds is 3. The van der Waals surface area contributed by atoms with Gasteiger partial charge in [-0.3, -0.25) is 19.2 Å². The van der Waals surface area contributed by atoms with Gasteiger partial charge in [0.15, 0.2) is 11.6 Å². The molecular formula is C21H27FN4O5. The number of hydrogen-bond acceptors (Lipinski definition) is 7. The van der Waals surface area contributed by atoms with Gasteiger partial charge in [0.25, 0.3) is 5.56 Å². The zero-order valence-electron chi connectivity index (χ0n) is 17.8. The summed E-state index contributed by atoms with van der Waals surface area (Å²) in [6.45, 7) is 6.83. The van der Waals surface area contributed by atoms with Crippen molar-refractivity contribution in [3.8, 4) is 5.75 Å². The summed E-state index contributed by atoms with van der Waals surface area (Å²) in [4.78, 5) is 30.7. The number of piperidine rings is 1. The van der Waals surface area contributed by atoms with Gasteiger partial charge < -0.3 is 19.9 Å². The first-order valence-corrected chi connectivity index (χ1v) is 10.3. The molecule has 0 bridgehead atoms. The predicted molar refractivity (Wildman–Crippen MR) is 111 cm³/mol. The van der Waals surface area contributed by atoms with Crippen LogP contribution in [0.4, 0.5) is 9.18 Å². The van der Waals surface area contributed by atoms with Crippen molar-refractivity contribution < 1.29 is 23.8 Å². The second-order valence-electron chi connectivity index (χ2n) is 9.04. The van der Waals surface area contributed by atoms with Gasteiger partial charge in [-0.1, -0.05) is 0 Å². The molecule has 2 N–H and O–H groups in total. The Labute approximate surface area is 178 Å². The minimum Gasteiger partial charge on any atom is -0.486 e. The van der Waals surface area contributed by atoms with Gasteiger partial charge >= 0.3 is 6.09 Å². The average Bonchev–Trinajstić information content (AvgIpc) is 2.68. The molecule has 10 heteroatoms.